The van der Waals surface area contributed by atoms with Crippen LogP contribution in [0, 0.1) is 6.92 Å². The van der Waals surface area contributed by atoms with Crippen LogP contribution in [-0.2, 0) is 10.0 Å². The normalized spacial score (nSPS) is 12.2. The number of hydrogen-bond donors (Lipinski definition) is 5. The topological polar surface area (TPSA) is 145 Å². The Balaban J connectivity index is 1.49. The third-order valence-corrected chi connectivity index (χ3v) is 5.82. The van der Waals surface area contributed by atoms with E-state index in [1.165, 1.54) is 18.2 Å². The molecule has 3 aromatic rings. The summed E-state index contributed by atoms with van der Waals surface area (Å²) < 4.78 is 30.8. The lowest BCUT2D eigenvalue weighted by molar-refractivity contribution is 0.0697. The van der Waals surface area contributed by atoms with Crippen LogP contribution in [0.3, 0.4) is 0 Å². The number of anilines is 1. The number of carboxylic acids is 1. The lowest BCUT2D eigenvalue weighted by Crippen LogP contribution is -2.26. The van der Waals surface area contributed by atoms with Gasteiger partial charge in [-0.05, 0) is 65.6 Å². The van der Waals surface area contributed by atoms with Crippen molar-refractivity contribution in [2.24, 2.45) is 0 Å². The monoisotopic (exact) mass is 500 g/mol. The fraction of sp³-hybridized carbons (Fsp3) is 0.240. The van der Waals surface area contributed by atoms with E-state index in [1.54, 1.807) is 24.3 Å². The van der Waals surface area contributed by atoms with Crippen LogP contribution in [0.25, 0.3) is 11.1 Å². The molecule has 0 aliphatic heterocycles. The number of carboxylic acid groups (broad SMARTS) is 1. The van der Waals surface area contributed by atoms with Crippen molar-refractivity contribution >= 4 is 21.7 Å². The molecule has 0 aromatic heterocycles. The lowest BCUT2D eigenvalue weighted by atomic mass is 9.99. The van der Waals surface area contributed by atoms with Crippen molar-refractivity contribution in [3.8, 4) is 22.6 Å². The van der Waals surface area contributed by atoms with Gasteiger partial charge in [-0.15, -0.1) is 0 Å². The maximum atomic E-state index is 11.4. The SMILES string of the molecule is Cc1cc(OCCNCC(O)c2ccc(O)c(NS(C)(=O)=O)c2)ccc1-c1ccc(C(=O)O)cc1. The van der Waals surface area contributed by atoms with Gasteiger partial charge in [-0.1, -0.05) is 24.3 Å². The molecule has 0 aliphatic rings. The highest BCUT2D eigenvalue weighted by atomic mass is 32.2. The minimum absolute atomic E-state index is 0.00373. The third-order valence-electron chi connectivity index (χ3n) is 5.23. The zero-order chi connectivity index (χ0) is 25.6. The highest BCUT2D eigenvalue weighted by Crippen LogP contribution is 2.28. The molecule has 3 aromatic carbocycles. The standard InChI is InChI=1S/C25H28N2O7S/c1-16-13-20(8-9-21(16)17-3-5-18(6-4-17)25(30)31)34-12-11-26-15-24(29)19-7-10-23(28)22(14-19)27-35(2,32)33/h3-10,13-14,24,26-29H,11-12,15H2,1-2H3,(H,30,31). The van der Waals surface area contributed by atoms with Gasteiger partial charge in [0, 0.05) is 13.1 Å². The molecule has 1 atom stereocenters. The maximum Gasteiger partial charge on any atom is 0.335 e. The molecule has 0 aliphatic carbocycles. The third kappa shape index (κ3) is 7.44. The summed E-state index contributed by atoms with van der Waals surface area (Å²) in [5, 5.41) is 32.3. The number of aryl methyl sites for hydroxylation is 1. The Labute approximate surface area is 204 Å². The second-order valence-corrected chi connectivity index (χ2v) is 9.83. The number of aliphatic hydroxyl groups is 1. The minimum Gasteiger partial charge on any atom is -0.506 e. The van der Waals surface area contributed by atoms with Gasteiger partial charge in [0.25, 0.3) is 0 Å². The van der Waals surface area contributed by atoms with Crippen LogP contribution in [0.15, 0.2) is 60.7 Å². The van der Waals surface area contributed by atoms with Crippen molar-refractivity contribution in [1.29, 1.82) is 0 Å². The van der Waals surface area contributed by atoms with Crippen LogP contribution in [0.4, 0.5) is 5.69 Å². The van der Waals surface area contributed by atoms with E-state index in [4.69, 9.17) is 9.84 Å². The molecule has 10 heteroatoms. The molecular weight excluding hydrogens is 472 g/mol. The van der Waals surface area contributed by atoms with Gasteiger partial charge in [-0.3, -0.25) is 4.72 Å². The van der Waals surface area contributed by atoms with Crippen LogP contribution < -0.4 is 14.8 Å². The first-order valence-corrected chi connectivity index (χ1v) is 12.7. The molecule has 0 heterocycles. The van der Waals surface area contributed by atoms with E-state index in [1.807, 2.05) is 25.1 Å². The van der Waals surface area contributed by atoms with E-state index in [0.717, 1.165) is 22.9 Å². The fourth-order valence-electron chi connectivity index (χ4n) is 3.48. The molecular formula is C25H28N2O7S. The number of hydrogen-bond acceptors (Lipinski definition) is 7. The smallest absolute Gasteiger partial charge is 0.335 e. The molecule has 0 spiro atoms. The molecule has 186 valence electrons. The molecule has 1 unspecified atom stereocenters. The Morgan fingerprint density at radius 1 is 1.06 bits per heavy atom. The number of carbonyl (C=O) groups is 1. The molecule has 35 heavy (non-hydrogen) atoms. The molecule has 0 bridgehead atoms. The van der Waals surface area contributed by atoms with Crippen molar-refractivity contribution in [3.05, 3.63) is 77.4 Å². The summed E-state index contributed by atoms with van der Waals surface area (Å²) in [7, 11) is -3.56. The lowest BCUT2D eigenvalue weighted by Gasteiger charge is -2.15. The highest BCUT2D eigenvalue weighted by Gasteiger charge is 2.13. The van der Waals surface area contributed by atoms with E-state index < -0.39 is 22.1 Å². The number of rotatable bonds is 11. The zero-order valence-electron chi connectivity index (χ0n) is 19.4. The maximum absolute atomic E-state index is 11.4. The Kier molecular flexibility index (Phi) is 8.34. The summed E-state index contributed by atoms with van der Waals surface area (Å²) in [4.78, 5) is 11.0. The first-order valence-electron chi connectivity index (χ1n) is 10.8. The Morgan fingerprint density at radius 2 is 1.77 bits per heavy atom. The highest BCUT2D eigenvalue weighted by molar-refractivity contribution is 7.92. The summed E-state index contributed by atoms with van der Waals surface area (Å²) in [6, 6.07) is 16.6. The number of nitrogens with one attached hydrogen (secondary N) is 2. The minimum atomic E-state index is -3.56. The molecule has 9 nitrogen and oxygen atoms in total. The van der Waals surface area contributed by atoms with Crippen LogP contribution in [-0.4, -0.2) is 55.7 Å². The fourth-order valence-corrected chi connectivity index (χ4v) is 4.05. The van der Waals surface area contributed by atoms with Crippen LogP contribution in [0.5, 0.6) is 11.5 Å². The van der Waals surface area contributed by atoms with Gasteiger partial charge in [-0.2, -0.15) is 0 Å². The Hall–Kier alpha value is -3.60. The van der Waals surface area contributed by atoms with E-state index >= 15 is 0 Å². The molecule has 0 saturated heterocycles. The van der Waals surface area contributed by atoms with Gasteiger partial charge in [0.05, 0.1) is 23.6 Å². The second kappa shape index (κ2) is 11.2. The van der Waals surface area contributed by atoms with E-state index in [-0.39, 0.29) is 23.5 Å². The average Bonchev–Trinajstić information content (AvgIpc) is 2.79. The summed E-state index contributed by atoms with van der Waals surface area (Å²) in [6.45, 7) is 2.97. The van der Waals surface area contributed by atoms with E-state index in [0.29, 0.717) is 24.5 Å². The van der Waals surface area contributed by atoms with Crippen molar-refractivity contribution in [2.75, 3.05) is 30.7 Å². The van der Waals surface area contributed by atoms with Gasteiger partial charge in [0.15, 0.2) is 0 Å². The molecule has 0 amide bonds. The summed E-state index contributed by atoms with van der Waals surface area (Å²) in [6.07, 6.45) is 0.0646. The number of phenols is 1. The Morgan fingerprint density at radius 3 is 2.40 bits per heavy atom. The van der Waals surface area contributed by atoms with E-state index in [9.17, 15) is 23.4 Å². The molecule has 5 N–H and O–H groups in total. The second-order valence-electron chi connectivity index (χ2n) is 8.08. The number of aromatic hydroxyl groups is 1. The molecule has 0 fully saturated rings. The first-order chi connectivity index (χ1) is 16.5. The number of benzene rings is 3. The zero-order valence-corrected chi connectivity index (χ0v) is 20.2. The summed E-state index contributed by atoms with van der Waals surface area (Å²) in [5.41, 5.74) is 3.57. The average molecular weight is 501 g/mol. The van der Waals surface area contributed by atoms with Gasteiger partial charge >= 0.3 is 5.97 Å². The molecule has 3 rings (SSSR count). The summed E-state index contributed by atoms with van der Waals surface area (Å²) >= 11 is 0. The molecule has 0 radical (unpaired) electrons. The van der Waals surface area contributed by atoms with Crippen molar-refractivity contribution in [1.82, 2.24) is 5.32 Å². The summed E-state index contributed by atoms with van der Waals surface area (Å²) in [5.74, 6) is -0.507. The number of ether oxygens (including phenoxy) is 1. The molecule has 0 saturated carbocycles. The predicted octanol–water partition coefficient (Wildman–Crippen LogP) is 3.14. The van der Waals surface area contributed by atoms with Gasteiger partial charge < -0.3 is 25.4 Å². The van der Waals surface area contributed by atoms with Crippen molar-refractivity contribution in [3.63, 3.8) is 0 Å². The predicted molar refractivity (Wildman–Crippen MR) is 133 cm³/mol. The largest absolute Gasteiger partial charge is 0.506 e. The van der Waals surface area contributed by atoms with Gasteiger partial charge in [-0.25, -0.2) is 13.2 Å². The van der Waals surface area contributed by atoms with Crippen molar-refractivity contribution in [2.45, 2.75) is 13.0 Å². The number of aliphatic hydroxyl groups excluding tert-OH is 1. The van der Waals surface area contributed by atoms with E-state index in [2.05, 4.69) is 10.0 Å². The number of phenolic OH excluding ortho intramolecular Hbond substituents is 1. The van der Waals surface area contributed by atoms with Crippen LogP contribution in [0.1, 0.15) is 27.6 Å². The Bertz CT molecular complexity index is 1290. The van der Waals surface area contributed by atoms with Crippen molar-refractivity contribution < 1.29 is 33.3 Å². The quantitative estimate of drug-likeness (QED) is 0.199. The van der Waals surface area contributed by atoms with Crippen LogP contribution in [0.2, 0.25) is 0 Å². The van der Waals surface area contributed by atoms with Crippen LogP contribution >= 0.6 is 0 Å². The number of sulfonamides is 1. The van der Waals surface area contributed by atoms with Gasteiger partial charge in [0.2, 0.25) is 10.0 Å². The first kappa shape index (κ1) is 26.0. The van der Waals surface area contributed by atoms with Gasteiger partial charge in [0.1, 0.15) is 18.1 Å². The number of aromatic carboxylic acids is 1.